The fourth-order valence-corrected chi connectivity index (χ4v) is 1.97. The molecule has 1 aromatic carbocycles. The zero-order chi connectivity index (χ0) is 11.0. The molecule has 1 atom stereocenters. The SMILES string of the molecule is Cc1ccc2c(c1)C(=O)C[C@H](C(=O)O)C2. The summed E-state index contributed by atoms with van der Waals surface area (Å²) < 4.78 is 0. The minimum atomic E-state index is -0.880. The van der Waals surface area contributed by atoms with Gasteiger partial charge in [0.15, 0.2) is 5.78 Å². The summed E-state index contributed by atoms with van der Waals surface area (Å²) >= 11 is 0. The van der Waals surface area contributed by atoms with E-state index in [-0.39, 0.29) is 12.2 Å². The lowest BCUT2D eigenvalue weighted by Gasteiger charge is -2.20. The van der Waals surface area contributed by atoms with Crippen molar-refractivity contribution in [2.24, 2.45) is 5.92 Å². The van der Waals surface area contributed by atoms with Crippen LogP contribution in [0.1, 0.15) is 27.9 Å². The normalized spacial score (nSPS) is 19.8. The highest BCUT2D eigenvalue weighted by Crippen LogP contribution is 2.26. The van der Waals surface area contributed by atoms with Gasteiger partial charge in [-0.3, -0.25) is 9.59 Å². The molecule has 78 valence electrons. The Morgan fingerprint density at radius 2 is 2.13 bits per heavy atom. The van der Waals surface area contributed by atoms with Crippen molar-refractivity contribution in [1.29, 1.82) is 0 Å². The average molecular weight is 204 g/mol. The molecule has 0 heterocycles. The van der Waals surface area contributed by atoms with Crippen molar-refractivity contribution < 1.29 is 14.7 Å². The monoisotopic (exact) mass is 204 g/mol. The number of hydrogen-bond acceptors (Lipinski definition) is 2. The smallest absolute Gasteiger partial charge is 0.307 e. The van der Waals surface area contributed by atoms with E-state index in [9.17, 15) is 9.59 Å². The number of carbonyl (C=O) groups excluding carboxylic acids is 1. The Bertz CT molecular complexity index is 434. The van der Waals surface area contributed by atoms with Crippen LogP contribution in [-0.4, -0.2) is 16.9 Å². The first-order valence-corrected chi connectivity index (χ1v) is 4.93. The molecule has 1 aromatic rings. The van der Waals surface area contributed by atoms with Crippen LogP contribution in [0.4, 0.5) is 0 Å². The number of aliphatic carboxylic acids is 1. The lowest BCUT2D eigenvalue weighted by atomic mass is 9.82. The van der Waals surface area contributed by atoms with Gasteiger partial charge in [0.25, 0.3) is 0 Å². The maximum absolute atomic E-state index is 11.7. The van der Waals surface area contributed by atoms with Crippen LogP contribution in [0.3, 0.4) is 0 Å². The Kier molecular flexibility index (Phi) is 2.31. The Balaban J connectivity index is 2.41. The molecule has 0 spiro atoms. The third-order valence-corrected chi connectivity index (χ3v) is 2.81. The van der Waals surface area contributed by atoms with Crippen molar-refractivity contribution in [3.05, 3.63) is 34.9 Å². The van der Waals surface area contributed by atoms with Gasteiger partial charge < -0.3 is 5.11 Å². The minimum Gasteiger partial charge on any atom is -0.481 e. The van der Waals surface area contributed by atoms with Crippen molar-refractivity contribution in [2.45, 2.75) is 19.8 Å². The Labute approximate surface area is 87.7 Å². The molecule has 3 heteroatoms. The number of aryl methyl sites for hydroxylation is 1. The van der Waals surface area contributed by atoms with Gasteiger partial charge in [0.05, 0.1) is 5.92 Å². The van der Waals surface area contributed by atoms with E-state index >= 15 is 0 Å². The van der Waals surface area contributed by atoms with Crippen molar-refractivity contribution in [2.75, 3.05) is 0 Å². The first-order valence-electron chi connectivity index (χ1n) is 4.93. The summed E-state index contributed by atoms with van der Waals surface area (Å²) in [6.45, 7) is 1.93. The summed E-state index contributed by atoms with van der Waals surface area (Å²) in [5.74, 6) is -1.48. The van der Waals surface area contributed by atoms with Crippen LogP contribution in [0.15, 0.2) is 18.2 Å². The van der Waals surface area contributed by atoms with E-state index in [4.69, 9.17) is 5.11 Å². The highest BCUT2D eigenvalue weighted by molar-refractivity contribution is 6.01. The maximum atomic E-state index is 11.7. The summed E-state index contributed by atoms with van der Waals surface area (Å²) in [6, 6.07) is 5.61. The van der Waals surface area contributed by atoms with E-state index in [2.05, 4.69) is 0 Å². The van der Waals surface area contributed by atoms with E-state index < -0.39 is 11.9 Å². The van der Waals surface area contributed by atoms with Crippen LogP contribution in [0.25, 0.3) is 0 Å². The molecule has 0 radical (unpaired) electrons. The summed E-state index contributed by atoms with van der Waals surface area (Å²) in [6.07, 6.45) is 0.600. The fraction of sp³-hybridized carbons (Fsp3) is 0.333. The fourth-order valence-electron chi connectivity index (χ4n) is 1.97. The number of rotatable bonds is 1. The van der Waals surface area contributed by atoms with Crippen LogP contribution in [0, 0.1) is 12.8 Å². The molecule has 1 aliphatic rings. The van der Waals surface area contributed by atoms with E-state index in [0.717, 1.165) is 11.1 Å². The van der Waals surface area contributed by atoms with E-state index in [0.29, 0.717) is 12.0 Å². The third-order valence-electron chi connectivity index (χ3n) is 2.81. The minimum absolute atomic E-state index is 0.0487. The summed E-state index contributed by atoms with van der Waals surface area (Å²) in [4.78, 5) is 22.5. The summed E-state index contributed by atoms with van der Waals surface area (Å²) in [5, 5.41) is 8.88. The predicted octanol–water partition coefficient (Wildman–Crippen LogP) is 1.82. The lowest BCUT2D eigenvalue weighted by molar-refractivity contribution is -0.141. The summed E-state index contributed by atoms with van der Waals surface area (Å²) in [5.41, 5.74) is 2.60. The van der Waals surface area contributed by atoms with E-state index in [1.807, 2.05) is 25.1 Å². The zero-order valence-corrected chi connectivity index (χ0v) is 8.49. The molecule has 0 saturated heterocycles. The van der Waals surface area contributed by atoms with E-state index in [1.165, 1.54) is 0 Å². The van der Waals surface area contributed by atoms with Gasteiger partial charge in [-0.15, -0.1) is 0 Å². The number of hydrogen-bond donors (Lipinski definition) is 1. The van der Waals surface area contributed by atoms with Gasteiger partial charge in [0.2, 0.25) is 0 Å². The van der Waals surface area contributed by atoms with Gasteiger partial charge in [-0.05, 0) is 25.0 Å². The first kappa shape index (κ1) is 9.90. The largest absolute Gasteiger partial charge is 0.481 e. The predicted molar refractivity (Wildman–Crippen MR) is 55.0 cm³/mol. The first-order chi connectivity index (χ1) is 7.08. The van der Waals surface area contributed by atoms with E-state index in [1.54, 1.807) is 0 Å². The number of Topliss-reactive ketones (excluding diaryl/α,β-unsaturated/α-hetero) is 1. The second-order valence-electron chi connectivity index (χ2n) is 4.03. The van der Waals surface area contributed by atoms with Crippen molar-refractivity contribution in [3.63, 3.8) is 0 Å². The molecule has 1 aliphatic carbocycles. The molecule has 15 heavy (non-hydrogen) atoms. The number of ketones is 1. The Morgan fingerprint density at radius 3 is 2.80 bits per heavy atom. The van der Waals surface area contributed by atoms with Gasteiger partial charge in [-0.1, -0.05) is 17.7 Å². The molecular weight excluding hydrogens is 192 g/mol. The highest BCUT2D eigenvalue weighted by Gasteiger charge is 2.29. The summed E-state index contributed by atoms with van der Waals surface area (Å²) in [7, 11) is 0. The van der Waals surface area contributed by atoms with Crippen molar-refractivity contribution in [1.82, 2.24) is 0 Å². The molecule has 0 amide bonds. The molecule has 2 rings (SSSR count). The third kappa shape index (κ3) is 1.77. The Morgan fingerprint density at radius 1 is 1.40 bits per heavy atom. The molecule has 0 aromatic heterocycles. The van der Waals surface area contributed by atoms with Crippen LogP contribution in [-0.2, 0) is 11.2 Å². The zero-order valence-electron chi connectivity index (χ0n) is 8.49. The van der Waals surface area contributed by atoms with Gasteiger partial charge in [-0.25, -0.2) is 0 Å². The van der Waals surface area contributed by atoms with Gasteiger partial charge in [0, 0.05) is 12.0 Å². The maximum Gasteiger partial charge on any atom is 0.307 e. The quantitative estimate of drug-likeness (QED) is 0.759. The number of carboxylic acid groups (broad SMARTS) is 1. The standard InChI is InChI=1S/C12H12O3/c1-7-2-3-8-5-9(12(14)15)6-11(13)10(8)4-7/h2-4,9H,5-6H2,1H3,(H,14,15)/t9-/m1/s1. The van der Waals surface area contributed by atoms with Crippen LogP contribution < -0.4 is 0 Å². The van der Waals surface area contributed by atoms with Gasteiger partial charge >= 0.3 is 5.97 Å². The average Bonchev–Trinajstić information content (AvgIpc) is 2.18. The molecule has 0 unspecified atom stereocenters. The van der Waals surface area contributed by atoms with Gasteiger partial charge in [-0.2, -0.15) is 0 Å². The molecule has 0 saturated carbocycles. The molecule has 1 N–H and O–H groups in total. The topological polar surface area (TPSA) is 54.4 Å². The van der Waals surface area contributed by atoms with Crippen LogP contribution in [0.2, 0.25) is 0 Å². The number of carbonyl (C=O) groups is 2. The highest BCUT2D eigenvalue weighted by atomic mass is 16.4. The molecular formula is C12H12O3. The van der Waals surface area contributed by atoms with Gasteiger partial charge in [0.1, 0.15) is 0 Å². The molecule has 0 fully saturated rings. The number of carboxylic acids is 1. The van der Waals surface area contributed by atoms with Crippen LogP contribution >= 0.6 is 0 Å². The molecule has 3 nitrogen and oxygen atoms in total. The number of benzene rings is 1. The second kappa shape index (κ2) is 3.50. The Hall–Kier alpha value is -1.64. The molecule has 0 aliphatic heterocycles. The number of fused-ring (bicyclic) bond motifs is 1. The molecule has 0 bridgehead atoms. The van der Waals surface area contributed by atoms with Crippen LogP contribution in [0.5, 0.6) is 0 Å². The lowest BCUT2D eigenvalue weighted by Crippen LogP contribution is -2.26. The van der Waals surface area contributed by atoms with Crippen molar-refractivity contribution >= 4 is 11.8 Å². The van der Waals surface area contributed by atoms with Crippen molar-refractivity contribution in [3.8, 4) is 0 Å². The second-order valence-corrected chi connectivity index (χ2v) is 4.03.